The second-order valence-corrected chi connectivity index (χ2v) is 12.2. The smallest absolute Gasteiger partial charge is 0.261 e. The molecule has 0 aromatic heterocycles. The Morgan fingerprint density at radius 2 is 1.70 bits per heavy atom. The van der Waals surface area contributed by atoms with Gasteiger partial charge in [-0.15, -0.1) is 0 Å². The summed E-state index contributed by atoms with van der Waals surface area (Å²) in [5.74, 6) is 0.528. The van der Waals surface area contributed by atoms with Gasteiger partial charge in [0.25, 0.3) is 10.0 Å². The van der Waals surface area contributed by atoms with Gasteiger partial charge in [0.2, 0.25) is 0 Å². The van der Waals surface area contributed by atoms with Crippen LogP contribution in [0.3, 0.4) is 0 Å². The zero-order valence-electron chi connectivity index (χ0n) is 21.1. The van der Waals surface area contributed by atoms with Crippen LogP contribution in [0.5, 0.6) is 5.75 Å². The van der Waals surface area contributed by atoms with Crippen molar-refractivity contribution in [3.05, 3.63) is 88.7 Å². The Morgan fingerprint density at radius 1 is 0.946 bits per heavy atom. The Kier molecular flexibility index (Phi) is 7.81. The summed E-state index contributed by atoms with van der Waals surface area (Å²) in [6, 6.07) is 17.2. The molecule has 3 aromatic rings. The lowest BCUT2D eigenvalue weighted by molar-refractivity contribution is 0.245. The van der Waals surface area contributed by atoms with Crippen molar-refractivity contribution in [2.75, 3.05) is 11.3 Å². The van der Waals surface area contributed by atoms with Crippen LogP contribution in [0.15, 0.2) is 65.6 Å². The predicted molar refractivity (Wildman–Crippen MR) is 144 cm³/mol. The largest absolute Gasteiger partial charge is 0.508 e. The maximum Gasteiger partial charge on any atom is 0.261 e. The summed E-state index contributed by atoms with van der Waals surface area (Å²) in [7, 11) is -3.90. The van der Waals surface area contributed by atoms with Crippen molar-refractivity contribution in [3.63, 3.8) is 0 Å². The Morgan fingerprint density at radius 3 is 2.46 bits per heavy atom. The number of nitrogens with one attached hydrogen (secondary N) is 1. The summed E-state index contributed by atoms with van der Waals surface area (Å²) in [5, 5.41) is 9.48. The van der Waals surface area contributed by atoms with Crippen molar-refractivity contribution >= 4 is 15.7 Å². The van der Waals surface area contributed by atoms with Crippen LogP contribution in [0.1, 0.15) is 60.8 Å². The molecular weight excluding hydrogens is 487 g/mol. The van der Waals surface area contributed by atoms with E-state index in [-0.39, 0.29) is 16.3 Å². The summed E-state index contributed by atoms with van der Waals surface area (Å²) in [5.41, 5.74) is 4.10. The second kappa shape index (κ2) is 11.2. The van der Waals surface area contributed by atoms with Crippen LogP contribution in [0.2, 0.25) is 0 Å². The summed E-state index contributed by atoms with van der Waals surface area (Å²) in [6.07, 6.45) is 9.07. The molecular formula is C30H35FN2O3S. The molecule has 0 spiro atoms. The van der Waals surface area contributed by atoms with Crippen LogP contribution in [-0.2, 0) is 36.0 Å². The number of benzene rings is 3. The maximum absolute atomic E-state index is 14.8. The van der Waals surface area contributed by atoms with Gasteiger partial charge in [0.05, 0.1) is 10.6 Å². The normalized spacial score (nSPS) is 16.6. The molecule has 3 aromatic carbocycles. The zero-order chi connectivity index (χ0) is 25.8. The second-order valence-electron chi connectivity index (χ2n) is 10.5. The summed E-state index contributed by atoms with van der Waals surface area (Å²) in [4.78, 5) is 2.45. The van der Waals surface area contributed by atoms with Crippen molar-refractivity contribution < 1.29 is 17.9 Å². The number of nitrogens with zero attached hydrogens (tertiary/aromatic N) is 1. The molecule has 1 saturated carbocycles. The summed E-state index contributed by atoms with van der Waals surface area (Å²) >= 11 is 0. The van der Waals surface area contributed by atoms with E-state index in [1.807, 2.05) is 24.3 Å². The quantitative estimate of drug-likeness (QED) is 0.341. The topological polar surface area (TPSA) is 69.6 Å². The molecule has 37 heavy (non-hydrogen) atoms. The molecule has 7 heteroatoms. The third-order valence-electron chi connectivity index (χ3n) is 7.75. The third-order valence-corrected chi connectivity index (χ3v) is 9.12. The highest BCUT2D eigenvalue weighted by Gasteiger charge is 2.22. The molecule has 0 atom stereocenters. The van der Waals surface area contributed by atoms with Crippen LogP contribution in [0, 0.1) is 11.7 Å². The standard InChI is InChI=1S/C30H35FN2O3S/c31-29-18-23(7-3-6-22-4-1-2-5-22)10-15-30(29)32-37(35,36)28-14-11-26-21-33(17-16-25(26)19-28)20-24-8-12-27(34)13-9-24/h8-15,18-19,22,32,34H,1-7,16-17,20-21H2. The molecule has 1 heterocycles. The van der Waals surface area contributed by atoms with Gasteiger partial charge in [-0.05, 0) is 83.8 Å². The number of rotatable bonds is 9. The number of halogens is 1. The highest BCUT2D eigenvalue weighted by molar-refractivity contribution is 7.92. The maximum atomic E-state index is 14.8. The molecule has 2 N–H and O–H groups in total. The molecule has 2 aliphatic rings. The van der Waals surface area contributed by atoms with E-state index in [4.69, 9.17) is 0 Å². The molecule has 196 valence electrons. The Balaban J connectivity index is 1.20. The zero-order valence-corrected chi connectivity index (χ0v) is 21.9. The third kappa shape index (κ3) is 6.51. The minimum absolute atomic E-state index is 0.0164. The van der Waals surface area contributed by atoms with E-state index in [1.165, 1.54) is 44.2 Å². The van der Waals surface area contributed by atoms with Crippen molar-refractivity contribution in [3.8, 4) is 5.75 Å². The highest BCUT2D eigenvalue weighted by atomic mass is 32.2. The molecule has 0 unspecified atom stereocenters. The molecule has 1 fully saturated rings. The first-order valence-corrected chi connectivity index (χ1v) is 14.8. The van der Waals surface area contributed by atoms with Gasteiger partial charge < -0.3 is 5.11 Å². The monoisotopic (exact) mass is 522 g/mol. The van der Waals surface area contributed by atoms with Gasteiger partial charge in [0, 0.05) is 19.6 Å². The lowest BCUT2D eigenvalue weighted by atomic mass is 9.98. The van der Waals surface area contributed by atoms with E-state index in [0.29, 0.717) is 0 Å². The highest BCUT2D eigenvalue weighted by Crippen LogP contribution is 2.30. The molecule has 0 bridgehead atoms. The number of aromatic hydroxyl groups is 1. The van der Waals surface area contributed by atoms with E-state index in [1.54, 1.807) is 24.3 Å². The van der Waals surface area contributed by atoms with Crippen molar-refractivity contribution in [2.45, 2.75) is 69.4 Å². The van der Waals surface area contributed by atoms with Crippen LogP contribution >= 0.6 is 0 Å². The fourth-order valence-electron chi connectivity index (χ4n) is 5.64. The SMILES string of the molecule is O=S(=O)(Nc1ccc(CCCC2CCCC2)cc1F)c1ccc2c(c1)CCN(Cc1ccc(O)cc1)C2. The molecule has 0 radical (unpaired) electrons. The average Bonchev–Trinajstić information content (AvgIpc) is 3.40. The first-order chi connectivity index (χ1) is 17.9. The van der Waals surface area contributed by atoms with Crippen molar-refractivity contribution in [1.82, 2.24) is 4.90 Å². The van der Waals surface area contributed by atoms with E-state index in [2.05, 4.69) is 9.62 Å². The number of aryl methyl sites for hydroxylation is 1. The van der Waals surface area contributed by atoms with E-state index < -0.39 is 15.8 Å². The van der Waals surface area contributed by atoms with Crippen LogP contribution in [0.4, 0.5) is 10.1 Å². The number of fused-ring (bicyclic) bond motifs is 1. The van der Waals surface area contributed by atoms with Gasteiger partial charge in [-0.1, -0.05) is 56.4 Å². The van der Waals surface area contributed by atoms with E-state index in [0.717, 1.165) is 67.1 Å². The first-order valence-electron chi connectivity index (χ1n) is 13.3. The molecule has 5 rings (SSSR count). The number of phenolic OH excluding ortho intramolecular Hbond substituents is 1. The Bertz CT molecular complexity index is 1340. The lowest BCUT2D eigenvalue weighted by Gasteiger charge is -2.29. The molecule has 1 aliphatic heterocycles. The summed E-state index contributed by atoms with van der Waals surface area (Å²) < 4.78 is 43.4. The van der Waals surface area contributed by atoms with Gasteiger partial charge >= 0.3 is 0 Å². The minimum Gasteiger partial charge on any atom is -0.508 e. The van der Waals surface area contributed by atoms with Gasteiger partial charge in [0.1, 0.15) is 11.6 Å². The molecule has 1 aliphatic carbocycles. The lowest BCUT2D eigenvalue weighted by Crippen LogP contribution is -2.30. The number of hydrogen-bond acceptors (Lipinski definition) is 4. The van der Waals surface area contributed by atoms with Crippen LogP contribution in [0.25, 0.3) is 0 Å². The molecule has 0 amide bonds. The Labute approximate surface area is 219 Å². The van der Waals surface area contributed by atoms with Crippen molar-refractivity contribution in [2.24, 2.45) is 5.92 Å². The molecule has 0 saturated heterocycles. The average molecular weight is 523 g/mol. The van der Waals surface area contributed by atoms with E-state index >= 15 is 0 Å². The van der Waals surface area contributed by atoms with Gasteiger partial charge in [-0.3, -0.25) is 9.62 Å². The first kappa shape index (κ1) is 25.7. The fraction of sp³-hybridized carbons (Fsp3) is 0.400. The number of anilines is 1. The van der Waals surface area contributed by atoms with Crippen LogP contribution in [-0.4, -0.2) is 25.0 Å². The Hall–Kier alpha value is -2.90. The number of sulfonamides is 1. The van der Waals surface area contributed by atoms with Crippen molar-refractivity contribution in [1.29, 1.82) is 0 Å². The number of hydrogen-bond donors (Lipinski definition) is 2. The van der Waals surface area contributed by atoms with Gasteiger partial charge in [-0.25, -0.2) is 12.8 Å². The fourth-order valence-corrected chi connectivity index (χ4v) is 6.76. The van der Waals surface area contributed by atoms with Crippen LogP contribution < -0.4 is 4.72 Å². The summed E-state index contributed by atoms with van der Waals surface area (Å²) in [6.45, 7) is 2.29. The number of phenols is 1. The predicted octanol–water partition coefficient (Wildman–Crippen LogP) is 6.40. The minimum atomic E-state index is -3.90. The molecule has 5 nitrogen and oxygen atoms in total. The van der Waals surface area contributed by atoms with Gasteiger partial charge in [-0.2, -0.15) is 0 Å². The van der Waals surface area contributed by atoms with Gasteiger partial charge in [0.15, 0.2) is 0 Å². The van der Waals surface area contributed by atoms with E-state index in [9.17, 15) is 17.9 Å².